The van der Waals surface area contributed by atoms with Crippen LogP contribution in [-0.2, 0) is 16.0 Å². The van der Waals surface area contributed by atoms with E-state index in [1.54, 1.807) is 11.9 Å². The summed E-state index contributed by atoms with van der Waals surface area (Å²) in [5.41, 5.74) is 1.24. The highest BCUT2D eigenvalue weighted by molar-refractivity contribution is 6.00. The molecule has 1 atom stereocenters. The molecule has 4 rings (SSSR count). The summed E-state index contributed by atoms with van der Waals surface area (Å²) in [6, 6.07) is 9.08. The van der Waals surface area contributed by atoms with Crippen molar-refractivity contribution in [1.29, 1.82) is 0 Å². The van der Waals surface area contributed by atoms with Crippen LogP contribution in [0.4, 0.5) is 14.5 Å². The van der Waals surface area contributed by atoms with Crippen LogP contribution in [0.1, 0.15) is 25.0 Å². The first-order chi connectivity index (χ1) is 15.4. The summed E-state index contributed by atoms with van der Waals surface area (Å²) in [5.74, 6) is -2.35. The van der Waals surface area contributed by atoms with E-state index in [9.17, 15) is 18.4 Å². The molecule has 0 aliphatic carbocycles. The molecule has 2 aliphatic heterocycles. The number of pyridine rings is 1. The first-order valence-corrected chi connectivity index (χ1v) is 11.1. The van der Waals surface area contributed by atoms with Crippen molar-refractivity contribution in [2.45, 2.75) is 31.7 Å². The van der Waals surface area contributed by atoms with Gasteiger partial charge in [-0.3, -0.25) is 14.6 Å². The van der Waals surface area contributed by atoms with Crippen molar-refractivity contribution in [2.75, 3.05) is 38.1 Å². The average Bonchev–Trinajstić information content (AvgIpc) is 3.19. The summed E-state index contributed by atoms with van der Waals surface area (Å²) < 4.78 is 27.1. The Bertz CT molecular complexity index is 943. The number of likely N-dealkylation sites (tertiary alicyclic amines) is 1. The Kier molecular flexibility index (Phi) is 6.79. The first-order valence-electron chi connectivity index (χ1n) is 11.1. The highest BCUT2D eigenvalue weighted by Crippen LogP contribution is 2.28. The van der Waals surface area contributed by atoms with Crippen LogP contribution in [0.15, 0.2) is 42.6 Å². The van der Waals surface area contributed by atoms with Crippen LogP contribution < -0.4 is 4.90 Å². The Balaban J connectivity index is 1.29. The van der Waals surface area contributed by atoms with E-state index in [-0.39, 0.29) is 36.5 Å². The quantitative estimate of drug-likeness (QED) is 0.691. The van der Waals surface area contributed by atoms with E-state index in [1.807, 2.05) is 24.4 Å². The second-order valence-electron chi connectivity index (χ2n) is 8.63. The fourth-order valence-electron chi connectivity index (χ4n) is 4.63. The summed E-state index contributed by atoms with van der Waals surface area (Å²) >= 11 is 0. The van der Waals surface area contributed by atoms with Gasteiger partial charge in [-0.15, -0.1) is 0 Å². The lowest BCUT2D eigenvalue weighted by molar-refractivity contribution is -0.137. The predicted octanol–water partition coefficient (Wildman–Crippen LogP) is 2.88. The lowest BCUT2D eigenvalue weighted by Gasteiger charge is -2.37. The molecule has 0 saturated carbocycles. The maximum atomic E-state index is 13.6. The third-order valence-corrected chi connectivity index (χ3v) is 6.50. The van der Waals surface area contributed by atoms with E-state index in [1.165, 1.54) is 4.90 Å². The van der Waals surface area contributed by atoms with Crippen LogP contribution in [0.5, 0.6) is 0 Å². The van der Waals surface area contributed by atoms with Gasteiger partial charge in [0.25, 0.3) is 0 Å². The molecule has 170 valence electrons. The van der Waals surface area contributed by atoms with Crippen molar-refractivity contribution in [2.24, 2.45) is 5.92 Å². The second-order valence-corrected chi connectivity index (χ2v) is 8.63. The van der Waals surface area contributed by atoms with E-state index in [0.717, 1.165) is 62.8 Å². The Labute approximate surface area is 186 Å². The van der Waals surface area contributed by atoms with E-state index >= 15 is 0 Å². The lowest BCUT2D eigenvalue weighted by Crippen LogP contribution is -2.48. The van der Waals surface area contributed by atoms with Gasteiger partial charge in [-0.2, -0.15) is 0 Å². The van der Waals surface area contributed by atoms with Crippen LogP contribution in [-0.4, -0.2) is 65.9 Å². The maximum absolute atomic E-state index is 13.6. The van der Waals surface area contributed by atoms with Gasteiger partial charge < -0.3 is 14.7 Å². The van der Waals surface area contributed by atoms with Gasteiger partial charge in [0.1, 0.15) is 11.6 Å². The smallest absolute Gasteiger partial charge is 0.228 e. The minimum absolute atomic E-state index is 0.0597. The van der Waals surface area contributed by atoms with Gasteiger partial charge in [0.15, 0.2) is 0 Å². The number of benzene rings is 1. The molecule has 2 saturated heterocycles. The van der Waals surface area contributed by atoms with Crippen molar-refractivity contribution in [1.82, 2.24) is 14.8 Å². The molecule has 2 amide bonds. The van der Waals surface area contributed by atoms with Gasteiger partial charge in [-0.25, -0.2) is 8.78 Å². The largest absolute Gasteiger partial charge is 0.342 e. The van der Waals surface area contributed by atoms with Gasteiger partial charge >= 0.3 is 0 Å². The number of nitrogens with zero attached hydrogens (tertiary/aromatic N) is 4. The summed E-state index contributed by atoms with van der Waals surface area (Å²) in [7, 11) is 1.80. The maximum Gasteiger partial charge on any atom is 0.228 e. The molecule has 8 heteroatoms. The molecule has 1 unspecified atom stereocenters. The fourth-order valence-corrected chi connectivity index (χ4v) is 4.63. The standard InChI is InChI=1S/C24H28F2N4O2/c1-28(21-6-10-29(11-7-21)9-5-20-4-2-3-8-27-20)24(32)17-12-23(31)30(16-17)22-14-18(25)13-19(26)15-22/h2-4,8,13-15,17,21H,5-7,9-12,16H2,1H3. The number of halogens is 2. The number of rotatable bonds is 6. The molecule has 1 aromatic heterocycles. The summed E-state index contributed by atoms with van der Waals surface area (Å²) in [4.78, 5) is 35.3. The molecule has 2 aromatic rings. The summed E-state index contributed by atoms with van der Waals surface area (Å²) in [6.45, 7) is 2.91. The Morgan fingerprint density at radius 2 is 1.88 bits per heavy atom. The molecule has 1 aromatic carbocycles. The first kappa shape index (κ1) is 22.3. The van der Waals surface area contributed by atoms with E-state index in [0.29, 0.717) is 0 Å². The van der Waals surface area contributed by atoms with E-state index < -0.39 is 17.6 Å². The number of hydrogen-bond donors (Lipinski definition) is 0. The summed E-state index contributed by atoms with van der Waals surface area (Å²) in [6.07, 6.45) is 4.53. The van der Waals surface area contributed by atoms with Crippen molar-refractivity contribution in [3.05, 3.63) is 59.9 Å². The summed E-state index contributed by atoms with van der Waals surface area (Å²) in [5, 5.41) is 0. The van der Waals surface area contributed by atoms with E-state index in [4.69, 9.17) is 0 Å². The molecular formula is C24H28F2N4O2. The highest BCUT2D eigenvalue weighted by atomic mass is 19.1. The number of carbonyl (C=O) groups excluding carboxylic acids is 2. The highest BCUT2D eigenvalue weighted by Gasteiger charge is 2.38. The van der Waals surface area contributed by atoms with Crippen LogP contribution in [0.3, 0.4) is 0 Å². The number of amides is 2. The van der Waals surface area contributed by atoms with Crippen LogP contribution in [0, 0.1) is 17.6 Å². The molecule has 6 nitrogen and oxygen atoms in total. The lowest BCUT2D eigenvalue weighted by atomic mass is 10.00. The molecule has 32 heavy (non-hydrogen) atoms. The Hall–Kier alpha value is -2.87. The van der Waals surface area contributed by atoms with Gasteiger partial charge in [-0.05, 0) is 37.1 Å². The Morgan fingerprint density at radius 3 is 2.53 bits per heavy atom. The van der Waals surface area contributed by atoms with Gasteiger partial charge in [0, 0.05) is 75.8 Å². The zero-order valence-corrected chi connectivity index (χ0v) is 18.2. The third kappa shape index (κ3) is 5.12. The van der Waals surface area contributed by atoms with Crippen molar-refractivity contribution >= 4 is 17.5 Å². The number of carbonyl (C=O) groups is 2. The molecule has 3 heterocycles. The van der Waals surface area contributed by atoms with Crippen molar-refractivity contribution < 1.29 is 18.4 Å². The van der Waals surface area contributed by atoms with E-state index in [2.05, 4.69) is 9.88 Å². The SMILES string of the molecule is CN(C(=O)C1CC(=O)N(c2cc(F)cc(F)c2)C1)C1CCN(CCc2ccccn2)CC1. The molecule has 2 fully saturated rings. The third-order valence-electron chi connectivity index (χ3n) is 6.50. The molecular weight excluding hydrogens is 414 g/mol. The molecule has 2 aliphatic rings. The minimum atomic E-state index is -0.741. The van der Waals surface area contributed by atoms with Gasteiger partial charge in [-0.1, -0.05) is 6.07 Å². The number of anilines is 1. The Morgan fingerprint density at radius 1 is 1.16 bits per heavy atom. The van der Waals surface area contributed by atoms with Crippen LogP contribution in [0.25, 0.3) is 0 Å². The normalized spacial score (nSPS) is 20.0. The van der Waals surface area contributed by atoms with Crippen molar-refractivity contribution in [3.8, 4) is 0 Å². The van der Waals surface area contributed by atoms with Crippen LogP contribution in [0.2, 0.25) is 0 Å². The molecule has 0 bridgehead atoms. The average molecular weight is 443 g/mol. The van der Waals surface area contributed by atoms with Crippen molar-refractivity contribution in [3.63, 3.8) is 0 Å². The molecule has 0 radical (unpaired) electrons. The topological polar surface area (TPSA) is 56.8 Å². The number of piperidine rings is 1. The fraction of sp³-hybridized carbons (Fsp3) is 0.458. The monoisotopic (exact) mass is 442 g/mol. The van der Waals surface area contributed by atoms with Gasteiger partial charge in [0.05, 0.1) is 5.92 Å². The number of aromatic nitrogens is 1. The van der Waals surface area contributed by atoms with Crippen LogP contribution >= 0.6 is 0 Å². The predicted molar refractivity (Wildman–Crippen MR) is 117 cm³/mol. The molecule has 0 N–H and O–H groups in total. The second kappa shape index (κ2) is 9.73. The number of hydrogen-bond acceptors (Lipinski definition) is 4. The minimum Gasteiger partial charge on any atom is -0.342 e. The zero-order chi connectivity index (χ0) is 22.7. The molecule has 0 spiro atoms. The van der Waals surface area contributed by atoms with Gasteiger partial charge in [0.2, 0.25) is 11.8 Å². The zero-order valence-electron chi connectivity index (χ0n) is 18.2.